The number of carboxylic acids is 1. The fraction of sp³-hybridized carbons (Fsp3) is 0.0833. The molecule has 0 bridgehead atoms. The van der Waals surface area contributed by atoms with Crippen molar-refractivity contribution in [2.75, 3.05) is 0 Å². The number of phenols is 1. The van der Waals surface area contributed by atoms with E-state index in [1.165, 1.54) is 0 Å². The van der Waals surface area contributed by atoms with Gasteiger partial charge in [0.1, 0.15) is 10.7 Å². The molecule has 23 heavy (non-hydrogen) atoms. The van der Waals surface area contributed by atoms with Crippen LogP contribution < -0.4 is 0 Å². The lowest BCUT2D eigenvalue weighted by atomic mass is 10.1. The Kier molecular flexibility index (Phi) is 5.01. The molecule has 0 aliphatic rings. The van der Waals surface area contributed by atoms with Crippen LogP contribution in [0, 0.1) is 17.0 Å². The summed E-state index contributed by atoms with van der Waals surface area (Å²) in [6.45, 7) is 1.55. The molecule has 2 rings (SSSR count). The first kappa shape index (κ1) is 17.0. The number of hydrogen-bond donors (Lipinski definition) is 2. The summed E-state index contributed by atoms with van der Waals surface area (Å²) in [6.07, 6.45) is 1.08. The number of carbonyl (C=O) groups is 1. The van der Waals surface area contributed by atoms with Crippen molar-refractivity contribution in [2.24, 2.45) is 0 Å². The van der Waals surface area contributed by atoms with Gasteiger partial charge in [-0.1, -0.05) is 0 Å². The highest BCUT2D eigenvalue weighted by Crippen LogP contribution is 2.36. The normalized spacial score (nSPS) is 11.5. The molecular weight excluding hydrogens is 394 g/mol. The van der Waals surface area contributed by atoms with Crippen molar-refractivity contribution in [1.29, 1.82) is 0 Å². The number of aromatic nitrogens is 2. The molecule has 0 atom stereocenters. The van der Waals surface area contributed by atoms with Crippen LogP contribution in [0.4, 0.5) is 5.69 Å². The third-order valence-corrected chi connectivity index (χ3v) is 3.95. The number of aryl methyl sites for hydroxylation is 1. The van der Waals surface area contributed by atoms with Crippen LogP contribution in [0.15, 0.2) is 31.2 Å². The highest BCUT2D eigenvalue weighted by atomic mass is 79.9. The molecule has 120 valence electrons. The van der Waals surface area contributed by atoms with Crippen LogP contribution in [0.1, 0.15) is 11.5 Å². The van der Waals surface area contributed by atoms with E-state index in [1.807, 2.05) is 0 Å². The Hall–Kier alpha value is -2.40. The van der Waals surface area contributed by atoms with Gasteiger partial charge in [0.2, 0.25) is 5.89 Å². The first-order valence-electron chi connectivity index (χ1n) is 5.87. The maximum Gasteiger partial charge on any atom is 0.342 e. The van der Waals surface area contributed by atoms with E-state index in [-0.39, 0.29) is 37.5 Å². The number of nitrogens with zero attached hydrogens (tertiary/aromatic N) is 3. The summed E-state index contributed by atoms with van der Waals surface area (Å²) in [7, 11) is 0. The molecule has 0 spiro atoms. The molecule has 0 fully saturated rings. The number of halogens is 1. The number of aromatic hydroxyl groups is 1. The third kappa shape index (κ3) is 4.07. The minimum atomic E-state index is -1.31. The Morgan fingerprint density at radius 2 is 2.17 bits per heavy atom. The van der Waals surface area contributed by atoms with Gasteiger partial charge < -0.3 is 14.6 Å². The molecule has 9 nitrogen and oxygen atoms in total. The van der Waals surface area contributed by atoms with Gasteiger partial charge in [-0.2, -0.15) is 0 Å². The summed E-state index contributed by atoms with van der Waals surface area (Å²) in [4.78, 5) is 21.3. The van der Waals surface area contributed by atoms with Crippen molar-refractivity contribution in [3.8, 4) is 5.75 Å². The lowest BCUT2D eigenvalue weighted by Gasteiger charge is -2.04. The van der Waals surface area contributed by atoms with Crippen molar-refractivity contribution in [3.63, 3.8) is 0 Å². The number of non-ortho nitro benzene ring substituents is 1. The van der Waals surface area contributed by atoms with E-state index in [0.29, 0.717) is 11.8 Å². The monoisotopic (exact) mass is 401 g/mol. The van der Waals surface area contributed by atoms with Crippen molar-refractivity contribution < 1.29 is 24.3 Å². The van der Waals surface area contributed by atoms with Crippen molar-refractivity contribution >= 4 is 45.4 Å². The van der Waals surface area contributed by atoms with Crippen LogP contribution in [0.2, 0.25) is 0 Å². The molecule has 1 aromatic heterocycles. The Morgan fingerprint density at radius 1 is 1.48 bits per heavy atom. The molecule has 11 heteroatoms. The lowest BCUT2D eigenvalue weighted by Crippen LogP contribution is -1.97. The Morgan fingerprint density at radius 3 is 2.70 bits per heavy atom. The number of nitro benzene ring substituents is 1. The molecule has 0 aliphatic carbocycles. The summed E-state index contributed by atoms with van der Waals surface area (Å²) in [6, 6.07) is 2.17. The summed E-state index contributed by atoms with van der Waals surface area (Å²) in [5.41, 5.74) is -0.337. The van der Waals surface area contributed by atoms with Crippen LogP contribution in [-0.4, -0.2) is 31.3 Å². The summed E-state index contributed by atoms with van der Waals surface area (Å²) in [5.74, 6) is -1.37. The Labute approximate surface area is 141 Å². The highest BCUT2D eigenvalue weighted by molar-refractivity contribution is 9.10. The highest BCUT2D eigenvalue weighted by Gasteiger charge is 2.18. The molecule has 1 aromatic carbocycles. The number of aliphatic carboxylic acids is 1. The standard InChI is InChI=1S/C12H8BrN3O6S/c1-5-14-15-12(22-5)23-9(11(18)19)3-6-2-7(16(20)21)4-8(13)10(6)17/h2-4,17H,1H3,(H,18,19)/b9-3-. The van der Waals surface area contributed by atoms with Crippen LogP contribution >= 0.6 is 27.7 Å². The fourth-order valence-corrected chi connectivity index (χ4v) is 2.68. The van der Waals surface area contributed by atoms with Crippen molar-refractivity contribution in [1.82, 2.24) is 10.2 Å². The predicted molar refractivity (Wildman–Crippen MR) is 83.0 cm³/mol. The number of hydrogen-bond acceptors (Lipinski definition) is 8. The average molecular weight is 402 g/mol. The van der Waals surface area contributed by atoms with Gasteiger partial charge >= 0.3 is 5.97 Å². The Balaban J connectivity index is 2.46. The van der Waals surface area contributed by atoms with E-state index < -0.39 is 10.9 Å². The van der Waals surface area contributed by atoms with Gasteiger partial charge in [-0.15, -0.1) is 10.2 Å². The number of phenolic OH excluding ortho intramolecular Hbond substituents is 1. The first-order chi connectivity index (χ1) is 10.8. The quantitative estimate of drug-likeness (QED) is 0.334. The summed E-state index contributed by atoms with van der Waals surface area (Å²) < 4.78 is 5.15. The van der Waals surface area contributed by atoms with Crippen molar-refractivity contribution in [3.05, 3.63) is 43.1 Å². The minimum Gasteiger partial charge on any atom is -0.506 e. The molecule has 0 saturated heterocycles. The van der Waals surface area contributed by atoms with E-state index in [1.54, 1.807) is 6.92 Å². The SMILES string of the molecule is Cc1nnc(S/C(=C\c2cc([N+](=O)[O-])cc(Br)c2O)C(=O)O)o1. The Bertz CT molecular complexity index is 819. The van der Waals surface area contributed by atoms with Crippen LogP contribution in [0.3, 0.4) is 0 Å². The molecule has 0 amide bonds. The zero-order valence-corrected chi connectivity index (χ0v) is 13.8. The first-order valence-corrected chi connectivity index (χ1v) is 7.48. The molecule has 2 aromatic rings. The topological polar surface area (TPSA) is 140 Å². The third-order valence-electron chi connectivity index (χ3n) is 2.49. The fourth-order valence-electron chi connectivity index (χ4n) is 1.51. The van der Waals surface area contributed by atoms with Crippen LogP contribution in [0.25, 0.3) is 6.08 Å². The van der Waals surface area contributed by atoms with Gasteiger partial charge in [-0.05, 0) is 33.8 Å². The maximum atomic E-state index is 11.3. The molecular formula is C12H8BrN3O6S. The van der Waals surface area contributed by atoms with Crippen molar-refractivity contribution in [2.45, 2.75) is 12.1 Å². The van der Waals surface area contributed by atoms with E-state index in [0.717, 1.165) is 18.2 Å². The maximum absolute atomic E-state index is 11.3. The number of thioether (sulfide) groups is 1. The number of benzene rings is 1. The molecule has 1 heterocycles. The average Bonchev–Trinajstić information content (AvgIpc) is 2.87. The smallest absolute Gasteiger partial charge is 0.342 e. The van der Waals surface area contributed by atoms with Crippen LogP contribution in [0.5, 0.6) is 5.75 Å². The zero-order chi connectivity index (χ0) is 17.1. The lowest BCUT2D eigenvalue weighted by molar-refractivity contribution is -0.385. The molecule has 0 radical (unpaired) electrons. The van der Waals surface area contributed by atoms with Gasteiger partial charge in [0.15, 0.2) is 0 Å². The summed E-state index contributed by atoms with van der Waals surface area (Å²) >= 11 is 3.65. The van der Waals surface area contributed by atoms with Crippen LogP contribution in [-0.2, 0) is 4.79 Å². The zero-order valence-electron chi connectivity index (χ0n) is 11.4. The van der Waals surface area contributed by atoms with E-state index in [9.17, 15) is 25.1 Å². The van der Waals surface area contributed by atoms with E-state index >= 15 is 0 Å². The predicted octanol–water partition coefficient (Wildman–Crippen LogP) is 2.97. The van der Waals surface area contributed by atoms with Gasteiger partial charge in [-0.3, -0.25) is 10.1 Å². The van der Waals surface area contributed by atoms with Gasteiger partial charge in [-0.25, -0.2) is 4.79 Å². The van der Waals surface area contributed by atoms with Gasteiger partial charge in [0, 0.05) is 24.6 Å². The largest absolute Gasteiger partial charge is 0.506 e. The summed E-state index contributed by atoms with van der Waals surface area (Å²) in [5, 5.41) is 37.3. The van der Waals surface area contributed by atoms with Gasteiger partial charge in [0.05, 0.1) is 9.40 Å². The second kappa shape index (κ2) is 6.79. The van der Waals surface area contributed by atoms with E-state index in [2.05, 4.69) is 26.1 Å². The molecule has 0 aliphatic heterocycles. The minimum absolute atomic E-state index is 0.000126. The number of nitro groups is 1. The second-order valence-corrected chi connectivity index (χ2v) is 5.97. The molecule has 0 unspecified atom stereocenters. The molecule has 0 saturated carbocycles. The van der Waals surface area contributed by atoms with Gasteiger partial charge in [0.25, 0.3) is 10.9 Å². The molecule has 2 N–H and O–H groups in total. The number of carboxylic acid groups (broad SMARTS) is 1. The second-order valence-electron chi connectivity index (χ2n) is 4.13. The van der Waals surface area contributed by atoms with E-state index in [4.69, 9.17) is 4.42 Å². The number of rotatable bonds is 5.